The first-order valence-corrected chi connectivity index (χ1v) is 8.90. The van der Waals surface area contributed by atoms with Crippen LogP contribution < -0.4 is 0 Å². The minimum absolute atomic E-state index is 0.191. The van der Waals surface area contributed by atoms with Crippen molar-refractivity contribution in [3.8, 4) is 0 Å². The zero-order chi connectivity index (χ0) is 18.8. The van der Waals surface area contributed by atoms with Gasteiger partial charge in [0.2, 0.25) is 6.04 Å². The van der Waals surface area contributed by atoms with Crippen LogP contribution in [-0.4, -0.2) is 28.5 Å². The molecule has 2 unspecified atom stereocenters. The zero-order valence-corrected chi connectivity index (χ0v) is 15.0. The van der Waals surface area contributed by atoms with Gasteiger partial charge in [0, 0.05) is 17.8 Å². The Bertz CT molecular complexity index is 466. The molecular formula is C20H30NO4. The molecule has 0 saturated carbocycles. The molecule has 0 aliphatic carbocycles. The Balaban J connectivity index is 4.01. The third kappa shape index (κ3) is 14.1. The molecule has 1 N–H and O–H groups in total. The Hall–Kier alpha value is -2.01. The first-order chi connectivity index (χ1) is 12.1. The summed E-state index contributed by atoms with van der Waals surface area (Å²) in [5, 5.41) is 20.9. The Morgan fingerprint density at radius 2 is 1.52 bits per heavy atom. The fourth-order valence-corrected chi connectivity index (χ4v) is 2.17. The quantitative estimate of drug-likeness (QED) is 0.205. The molecule has 0 aliphatic rings. The fraction of sp³-hybridized carbons (Fsp3) is 0.550. The maximum atomic E-state index is 11.0. The third-order valence-electron chi connectivity index (χ3n) is 3.59. The summed E-state index contributed by atoms with van der Waals surface area (Å²) in [6, 6.07) is -1.02. The van der Waals surface area contributed by atoms with Crippen molar-refractivity contribution in [3.63, 3.8) is 0 Å². The monoisotopic (exact) mass is 348 g/mol. The number of rotatable bonds is 15. The fourth-order valence-electron chi connectivity index (χ4n) is 2.17. The molecule has 0 aromatic heterocycles. The SMILES string of the molecule is CC/C=C\C/C=C\C/C=C\C/C=C\CC(C(O)CCC[C]=O)[N+](=O)[O-]. The van der Waals surface area contributed by atoms with Gasteiger partial charge in [0.25, 0.3) is 0 Å². The van der Waals surface area contributed by atoms with Crippen molar-refractivity contribution in [2.45, 2.75) is 70.4 Å². The maximum absolute atomic E-state index is 11.0. The van der Waals surface area contributed by atoms with E-state index in [0.717, 1.165) is 19.3 Å². The molecule has 0 fully saturated rings. The normalized spacial score (nSPS) is 14.8. The average molecular weight is 348 g/mol. The molecule has 2 atom stereocenters. The number of aliphatic hydroxyl groups is 1. The molecule has 25 heavy (non-hydrogen) atoms. The predicted molar refractivity (Wildman–Crippen MR) is 102 cm³/mol. The van der Waals surface area contributed by atoms with E-state index in [0.29, 0.717) is 12.8 Å². The smallest absolute Gasteiger partial charge is 0.241 e. The lowest BCUT2D eigenvalue weighted by molar-refractivity contribution is -0.533. The largest absolute Gasteiger partial charge is 0.386 e. The summed E-state index contributed by atoms with van der Waals surface area (Å²) in [6.45, 7) is 2.11. The van der Waals surface area contributed by atoms with Gasteiger partial charge in [-0.15, -0.1) is 0 Å². The van der Waals surface area contributed by atoms with Crippen LogP contribution in [0, 0.1) is 10.1 Å². The van der Waals surface area contributed by atoms with Crippen molar-refractivity contribution in [2.24, 2.45) is 0 Å². The molecule has 0 aromatic carbocycles. The second-order valence-electron chi connectivity index (χ2n) is 5.69. The van der Waals surface area contributed by atoms with Crippen molar-refractivity contribution in [1.29, 1.82) is 0 Å². The molecule has 0 bridgehead atoms. The van der Waals surface area contributed by atoms with Gasteiger partial charge in [-0.25, -0.2) is 0 Å². The summed E-state index contributed by atoms with van der Waals surface area (Å²) in [5.74, 6) is 0. The highest BCUT2D eigenvalue weighted by Crippen LogP contribution is 2.11. The first-order valence-electron chi connectivity index (χ1n) is 8.90. The summed E-state index contributed by atoms with van der Waals surface area (Å²) in [5.41, 5.74) is 0. The van der Waals surface area contributed by atoms with Crippen LogP contribution >= 0.6 is 0 Å². The van der Waals surface area contributed by atoms with Crippen LogP contribution in [0.25, 0.3) is 0 Å². The van der Waals surface area contributed by atoms with Crippen molar-refractivity contribution in [2.75, 3.05) is 0 Å². The van der Waals surface area contributed by atoms with Crippen LogP contribution in [0.1, 0.15) is 58.3 Å². The maximum Gasteiger partial charge on any atom is 0.241 e. The molecule has 0 spiro atoms. The van der Waals surface area contributed by atoms with E-state index in [1.54, 1.807) is 12.4 Å². The van der Waals surface area contributed by atoms with Gasteiger partial charge in [-0.2, -0.15) is 0 Å². The molecule has 0 aromatic rings. The highest BCUT2D eigenvalue weighted by molar-refractivity contribution is 5.50. The van der Waals surface area contributed by atoms with Crippen molar-refractivity contribution >= 4 is 6.29 Å². The Morgan fingerprint density at radius 1 is 1.00 bits per heavy atom. The van der Waals surface area contributed by atoms with Gasteiger partial charge in [0.1, 0.15) is 6.10 Å². The lowest BCUT2D eigenvalue weighted by atomic mass is 10.0. The second kappa shape index (κ2) is 16.8. The number of aliphatic hydroxyl groups excluding tert-OH is 1. The Morgan fingerprint density at radius 3 is 2.00 bits per heavy atom. The number of hydrogen-bond acceptors (Lipinski definition) is 4. The van der Waals surface area contributed by atoms with Crippen molar-refractivity contribution in [3.05, 3.63) is 58.7 Å². The highest BCUT2D eigenvalue weighted by Gasteiger charge is 2.27. The highest BCUT2D eigenvalue weighted by atomic mass is 16.6. The van der Waals surface area contributed by atoms with Gasteiger partial charge in [-0.1, -0.05) is 55.5 Å². The minimum Gasteiger partial charge on any atom is -0.386 e. The molecule has 0 heterocycles. The lowest BCUT2D eigenvalue weighted by Gasteiger charge is -2.13. The van der Waals surface area contributed by atoms with Gasteiger partial charge in [0.15, 0.2) is 6.29 Å². The first kappa shape index (κ1) is 23.0. The summed E-state index contributed by atoms with van der Waals surface area (Å²) in [4.78, 5) is 20.7. The zero-order valence-electron chi connectivity index (χ0n) is 15.0. The second-order valence-corrected chi connectivity index (χ2v) is 5.69. The Labute approximate surface area is 151 Å². The van der Waals surface area contributed by atoms with E-state index < -0.39 is 17.1 Å². The summed E-state index contributed by atoms with van der Waals surface area (Å²) < 4.78 is 0. The summed E-state index contributed by atoms with van der Waals surface area (Å²) in [6.07, 6.45) is 21.5. The van der Waals surface area contributed by atoms with E-state index in [1.165, 1.54) is 0 Å². The van der Waals surface area contributed by atoms with Crippen LogP contribution in [0.15, 0.2) is 48.6 Å². The Kier molecular flexibility index (Phi) is 15.5. The van der Waals surface area contributed by atoms with Crippen molar-refractivity contribution < 1.29 is 14.8 Å². The van der Waals surface area contributed by atoms with E-state index in [1.807, 2.05) is 12.2 Å². The number of carbonyl (C=O) groups excluding carboxylic acids is 1. The van der Waals surface area contributed by atoms with E-state index in [4.69, 9.17) is 0 Å². The molecule has 0 saturated heterocycles. The number of nitro groups is 1. The van der Waals surface area contributed by atoms with Crippen LogP contribution in [0.5, 0.6) is 0 Å². The molecule has 139 valence electrons. The van der Waals surface area contributed by atoms with E-state index in [9.17, 15) is 20.0 Å². The lowest BCUT2D eigenvalue weighted by Crippen LogP contribution is -2.33. The van der Waals surface area contributed by atoms with Gasteiger partial charge in [-0.3, -0.25) is 14.9 Å². The number of allylic oxidation sites excluding steroid dienone is 7. The molecular weight excluding hydrogens is 318 g/mol. The summed E-state index contributed by atoms with van der Waals surface area (Å²) >= 11 is 0. The number of hydrogen-bond donors (Lipinski definition) is 1. The molecule has 0 amide bonds. The number of nitrogens with zero attached hydrogens (tertiary/aromatic N) is 1. The van der Waals surface area contributed by atoms with E-state index in [2.05, 4.69) is 37.3 Å². The molecule has 0 aliphatic heterocycles. The topological polar surface area (TPSA) is 80.4 Å². The van der Waals surface area contributed by atoms with Crippen molar-refractivity contribution in [1.82, 2.24) is 0 Å². The molecule has 0 rings (SSSR count). The van der Waals surface area contributed by atoms with Gasteiger partial charge < -0.3 is 5.11 Å². The standard InChI is InChI=1S/C20H30NO4/c1-2-3-4-5-6-7-8-9-10-11-12-13-16-19(21(24)25)20(23)17-14-15-18-22/h3-4,6-7,9-10,12-13,19-20,23H,2,5,8,11,14-17H2,1H3/b4-3-,7-6-,10-9-,13-12-. The van der Waals surface area contributed by atoms with E-state index in [-0.39, 0.29) is 19.3 Å². The van der Waals surface area contributed by atoms with Crippen LogP contribution in [0.3, 0.4) is 0 Å². The third-order valence-corrected chi connectivity index (χ3v) is 3.59. The summed E-state index contributed by atoms with van der Waals surface area (Å²) in [7, 11) is 0. The predicted octanol–water partition coefficient (Wildman–Crippen LogP) is 4.47. The van der Waals surface area contributed by atoms with Crippen LogP contribution in [-0.2, 0) is 4.79 Å². The molecule has 1 radical (unpaired) electrons. The average Bonchev–Trinajstić information content (AvgIpc) is 2.58. The van der Waals surface area contributed by atoms with Crippen LogP contribution in [0.2, 0.25) is 0 Å². The molecule has 5 heteroatoms. The van der Waals surface area contributed by atoms with E-state index >= 15 is 0 Å². The van der Waals surface area contributed by atoms with Gasteiger partial charge in [-0.05, 0) is 38.5 Å². The van der Waals surface area contributed by atoms with Crippen LogP contribution in [0.4, 0.5) is 0 Å². The minimum atomic E-state index is -1.03. The van der Waals surface area contributed by atoms with Gasteiger partial charge >= 0.3 is 0 Å². The molecule has 5 nitrogen and oxygen atoms in total. The number of unbranched alkanes of at least 4 members (excludes halogenated alkanes) is 1. The van der Waals surface area contributed by atoms with Gasteiger partial charge in [0.05, 0.1) is 0 Å².